The van der Waals surface area contributed by atoms with Crippen molar-refractivity contribution in [1.29, 1.82) is 0 Å². The summed E-state index contributed by atoms with van der Waals surface area (Å²) in [5.74, 6) is 1.04. The van der Waals surface area contributed by atoms with E-state index in [1.165, 1.54) is 0 Å². The first-order valence-corrected chi connectivity index (χ1v) is 10.1. The van der Waals surface area contributed by atoms with Crippen LogP contribution in [0, 0.1) is 6.92 Å². The lowest BCUT2D eigenvalue weighted by Gasteiger charge is -2.36. The van der Waals surface area contributed by atoms with Gasteiger partial charge in [0.2, 0.25) is 0 Å². The van der Waals surface area contributed by atoms with Crippen LogP contribution in [0.3, 0.4) is 0 Å². The van der Waals surface area contributed by atoms with Crippen molar-refractivity contribution in [3.63, 3.8) is 0 Å². The zero-order chi connectivity index (χ0) is 20.4. The van der Waals surface area contributed by atoms with Gasteiger partial charge in [0.05, 0.1) is 29.7 Å². The van der Waals surface area contributed by atoms with Crippen molar-refractivity contribution >= 4 is 17.2 Å². The van der Waals surface area contributed by atoms with Crippen LogP contribution in [-0.4, -0.2) is 58.4 Å². The summed E-state index contributed by atoms with van der Waals surface area (Å²) in [5, 5.41) is 2.93. The van der Waals surface area contributed by atoms with Gasteiger partial charge in [-0.15, -0.1) is 0 Å². The molecule has 29 heavy (non-hydrogen) atoms. The van der Waals surface area contributed by atoms with E-state index < -0.39 is 0 Å². The van der Waals surface area contributed by atoms with Crippen LogP contribution in [-0.2, 0) is 6.54 Å². The van der Waals surface area contributed by atoms with Gasteiger partial charge in [0, 0.05) is 37.0 Å². The number of hydrogen-bond acceptors (Lipinski definition) is 5. The predicted octanol–water partition coefficient (Wildman–Crippen LogP) is 2.50. The van der Waals surface area contributed by atoms with E-state index in [0.29, 0.717) is 18.2 Å². The first-order valence-electron chi connectivity index (χ1n) is 10.1. The van der Waals surface area contributed by atoms with Crippen LogP contribution in [0.1, 0.15) is 34.6 Å². The van der Waals surface area contributed by atoms with E-state index in [0.717, 1.165) is 48.7 Å². The van der Waals surface area contributed by atoms with Crippen LogP contribution in [0.25, 0.3) is 5.52 Å². The first kappa shape index (κ1) is 19.4. The van der Waals surface area contributed by atoms with Crippen LogP contribution in [0.15, 0.2) is 42.9 Å². The minimum absolute atomic E-state index is 0.111. The molecule has 1 fully saturated rings. The van der Waals surface area contributed by atoms with Crippen molar-refractivity contribution in [3.8, 4) is 0 Å². The van der Waals surface area contributed by atoms with Gasteiger partial charge in [0.15, 0.2) is 0 Å². The zero-order valence-corrected chi connectivity index (χ0v) is 17.3. The molecule has 4 rings (SSSR count). The summed E-state index contributed by atoms with van der Waals surface area (Å²) in [6.07, 6.45) is 7.63. The summed E-state index contributed by atoms with van der Waals surface area (Å²) < 4.78 is 2.12. The Bertz CT molecular complexity index is 986. The molecule has 7 nitrogen and oxygen atoms in total. The third-order valence-corrected chi connectivity index (χ3v) is 5.68. The molecule has 1 amide bonds. The number of anilines is 1. The fraction of sp³-hybridized carbons (Fsp3) is 0.409. The molecule has 3 aromatic heterocycles. The lowest BCUT2D eigenvalue weighted by Crippen LogP contribution is -2.42. The van der Waals surface area contributed by atoms with Crippen molar-refractivity contribution in [2.45, 2.75) is 32.4 Å². The molecule has 0 unspecified atom stereocenters. The van der Waals surface area contributed by atoms with E-state index in [1.807, 2.05) is 25.3 Å². The van der Waals surface area contributed by atoms with Gasteiger partial charge in [0.25, 0.3) is 5.91 Å². The van der Waals surface area contributed by atoms with Gasteiger partial charge in [-0.05, 0) is 58.1 Å². The van der Waals surface area contributed by atoms with E-state index in [-0.39, 0.29) is 5.91 Å². The molecular formula is C22H28N6O. The maximum absolute atomic E-state index is 12.7. The minimum Gasteiger partial charge on any atom is -0.358 e. The Balaban J connectivity index is 1.48. The van der Waals surface area contributed by atoms with E-state index in [9.17, 15) is 4.79 Å². The Hall–Kier alpha value is -2.93. The molecule has 0 aliphatic carbocycles. The Labute approximate surface area is 171 Å². The van der Waals surface area contributed by atoms with Crippen LogP contribution in [0.2, 0.25) is 0 Å². The van der Waals surface area contributed by atoms with Gasteiger partial charge in [-0.3, -0.25) is 14.8 Å². The number of nitrogens with zero attached hydrogens (tertiary/aromatic N) is 5. The number of nitrogens with one attached hydrogen (secondary N) is 1. The summed E-state index contributed by atoms with van der Waals surface area (Å²) in [5.41, 5.74) is 3.34. The molecule has 1 aliphatic heterocycles. The van der Waals surface area contributed by atoms with Crippen LogP contribution in [0.5, 0.6) is 0 Å². The molecule has 3 aromatic rings. The number of pyridine rings is 1. The maximum Gasteiger partial charge on any atom is 0.253 e. The van der Waals surface area contributed by atoms with Crippen LogP contribution < -0.4 is 10.2 Å². The van der Waals surface area contributed by atoms with E-state index in [1.54, 1.807) is 12.4 Å². The number of aryl methyl sites for hydroxylation is 1. The molecular weight excluding hydrogens is 364 g/mol. The Kier molecular flexibility index (Phi) is 5.49. The van der Waals surface area contributed by atoms with Crippen molar-refractivity contribution in [2.75, 3.05) is 32.1 Å². The Morgan fingerprint density at radius 1 is 1.14 bits per heavy atom. The second kappa shape index (κ2) is 8.21. The number of hydrogen-bond donors (Lipinski definition) is 1. The summed E-state index contributed by atoms with van der Waals surface area (Å²) >= 11 is 0. The number of amides is 1. The summed E-state index contributed by atoms with van der Waals surface area (Å²) in [4.78, 5) is 25.9. The normalized spacial score (nSPS) is 15.2. The largest absolute Gasteiger partial charge is 0.358 e. The van der Waals surface area contributed by atoms with Gasteiger partial charge < -0.3 is 19.5 Å². The van der Waals surface area contributed by atoms with Crippen LogP contribution >= 0.6 is 0 Å². The number of fused-ring (bicyclic) bond motifs is 1. The van der Waals surface area contributed by atoms with Crippen molar-refractivity contribution in [2.24, 2.45) is 0 Å². The fourth-order valence-corrected chi connectivity index (χ4v) is 3.87. The maximum atomic E-state index is 12.7. The van der Waals surface area contributed by atoms with E-state index in [4.69, 9.17) is 0 Å². The number of rotatable bonds is 5. The molecule has 152 valence electrons. The molecule has 0 saturated carbocycles. The van der Waals surface area contributed by atoms with E-state index in [2.05, 4.69) is 55.7 Å². The highest BCUT2D eigenvalue weighted by Gasteiger charge is 2.22. The lowest BCUT2D eigenvalue weighted by atomic mass is 10.0. The molecule has 1 aliphatic rings. The highest BCUT2D eigenvalue weighted by molar-refractivity contribution is 5.94. The quantitative estimate of drug-likeness (QED) is 0.723. The monoisotopic (exact) mass is 392 g/mol. The zero-order valence-electron chi connectivity index (χ0n) is 17.3. The molecule has 0 radical (unpaired) electrons. The van der Waals surface area contributed by atoms with Crippen LogP contribution in [0.4, 0.5) is 5.82 Å². The fourth-order valence-electron chi connectivity index (χ4n) is 3.87. The molecule has 4 heterocycles. The number of carbonyl (C=O) groups excluding carboxylic acids is 1. The van der Waals surface area contributed by atoms with Gasteiger partial charge in [-0.2, -0.15) is 0 Å². The Morgan fingerprint density at radius 3 is 2.59 bits per heavy atom. The molecule has 0 bridgehead atoms. The number of aromatic nitrogens is 3. The minimum atomic E-state index is -0.111. The third kappa shape index (κ3) is 4.24. The summed E-state index contributed by atoms with van der Waals surface area (Å²) in [6.45, 7) is 4.30. The molecule has 7 heteroatoms. The molecule has 0 spiro atoms. The smallest absolute Gasteiger partial charge is 0.253 e. The van der Waals surface area contributed by atoms with Gasteiger partial charge >= 0.3 is 0 Å². The lowest BCUT2D eigenvalue weighted by molar-refractivity contribution is 0.0950. The van der Waals surface area contributed by atoms with Crippen molar-refractivity contribution in [1.82, 2.24) is 24.6 Å². The topological polar surface area (TPSA) is 65.8 Å². The van der Waals surface area contributed by atoms with Crippen molar-refractivity contribution < 1.29 is 4.79 Å². The predicted molar refractivity (Wildman–Crippen MR) is 114 cm³/mol. The molecule has 1 N–H and O–H groups in total. The van der Waals surface area contributed by atoms with Gasteiger partial charge in [-0.25, -0.2) is 0 Å². The highest BCUT2D eigenvalue weighted by atomic mass is 16.1. The average Bonchev–Trinajstić information content (AvgIpc) is 3.16. The third-order valence-electron chi connectivity index (χ3n) is 5.68. The second-order valence-corrected chi connectivity index (χ2v) is 7.92. The summed E-state index contributed by atoms with van der Waals surface area (Å²) in [7, 11) is 4.31. The van der Waals surface area contributed by atoms with Gasteiger partial charge in [-0.1, -0.05) is 0 Å². The van der Waals surface area contributed by atoms with Crippen molar-refractivity contribution in [3.05, 3.63) is 59.8 Å². The number of carbonyl (C=O) groups is 1. The second-order valence-electron chi connectivity index (χ2n) is 7.92. The SMILES string of the molecule is Cc1cnc(CNC(=O)c2ccc3ccc(N4CCC(N(C)C)CC4)n3c2)cn1. The first-order chi connectivity index (χ1) is 14.0. The summed E-state index contributed by atoms with van der Waals surface area (Å²) in [6, 6.07) is 8.76. The average molecular weight is 393 g/mol. The van der Waals surface area contributed by atoms with E-state index >= 15 is 0 Å². The highest BCUT2D eigenvalue weighted by Crippen LogP contribution is 2.25. The molecule has 0 aromatic carbocycles. The molecule has 1 saturated heterocycles. The Morgan fingerprint density at radius 2 is 1.90 bits per heavy atom. The molecule has 0 atom stereocenters. The van der Waals surface area contributed by atoms with Gasteiger partial charge in [0.1, 0.15) is 5.82 Å². The number of piperidine rings is 1. The standard InChI is InChI=1S/C22H28N6O/c1-16-12-24-18(13-23-16)14-25-22(29)17-4-5-20-6-7-21(28(20)15-17)27-10-8-19(9-11-27)26(2)3/h4-7,12-13,15,19H,8-11,14H2,1-3H3,(H,25,29).